The van der Waals surface area contributed by atoms with Crippen LogP contribution >= 0.6 is 11.6 Å². The molecule has 0 aliphatic carbocycles. The molecule has 0 saturated carbocycles. The van der Waals surface area contributed by atoms with Crippen molar-refractivity contribution in [3.05, 3.63) is 17.0 Å². The maximum atomic E-state index is 6.06. The van der Waals surface area contributed by atoms with Gasteiger partial charge in [0.05, 0.1) is 0 Å². The highest BCUT2D eigenvalue weighted by molar-refractivity contribution is 6.30. The Labute approximate surface area is 103 Å². The molecule has 0 radical (unpaired) electrons. The molecular formula is C12H20ClN3. The molecule has 0 aliphatic rings. The molecule has 16 heavy (non-hydrogen) atoms. The van der Waals surface area contributed by atoms with E-state index in [2.05, 4.69) is 36.1 Å². The molecule has 0 fully saturated rings. The fraction of sp³-hybridized carbons (Fsp3) is 0.667. The number of hydrogen-bond donors (Lipinski definition) is 1. The number of halogens is 1. The molecule has 1 heterocycles. The normalized spacial score (nSPS) is 10.8. The highest BCUT2D eigenvalue weighted by Crippen LogP contribution is 2.21. The molecule has 3 nitrogen and oxygen atoms in total. The van der Waals surface area contributed by atoms with E-state index >= 15 is 0 Å². The summed E-state index contributed by atoms with van der Waals surface area (Å²) in [5.74, 6) is 1.59. The number of aromatic nitrogens is 2. The van der Waals surface area contributed by atoms with Crippen LogP contribution in [0.15, 0.2) is 6.33 Å². The SMILES string of the molecule is CCCc1c(Cl)ncnc1NCCC(C)C. The Morgan fingerprint density at radius 2 is 2.12 bits per heavy atom. The van der Waals surface area contributed by atoms with Crippen molar-refractivity contribution in [2.45, 2.75) is 40.0 Å². The average molecular weight is 242 g/mol. The standard InChI is InChI=1S/C12H20ClN3/c1-4-5-10-11(13)15-8-16-12(10)14-7-6-9(2)3/h8-9H,4-7H2,1-3H3,(H,14,15,16). The molecule has 0 atom stereocenters. The van der Waals surface area contributed by atoms with Crippen LogP contribution in [0.3, 0.4) is 0 Å². The van der Waals surface area contributed by atoms with Crippen LogP contribution in [0.1, 0.15) is 39.2 Å². The van der Waals surface area contributed by atoms with Crippen LogP contribution in [0.5, 0.6) is 0 Å². The van der Waals surface area contributed by atoms with Crippen molar-refractivity contribution in [2.24, 2.45) is 5.92 Å². The van der Waals surface area contributed by atoms with Crippen molar-refractivity contribution in [1.29, 1.82) is 0 Å². The van der Waals surface area contributed by atoms with E-state index in [-0.39, 0.29) is 0 Å². The lowest BCUT2D eigenvalue weighted by Crippen LogP contribution is -2.09. The van der Waals surface area contributed by atoms with Gasteiger partial charge in [-0.15, -0.1) is 0 Å². The maximum absolute atomic E-state index is 6.06. The third-order valence-corrected chi connectivity index (χ3v) is 2.73. The van der Waals surface area contributed by atoms with Gasteiger partial charge in [0, 0.05) is 12.1 Å². The number of hydrogen-bond acceptors (Lipinski definition) is 3. The van der Waals surface area contributed by atoms with Gasteiger partial charge in [0.15, 0.2) is 0 Å². The predicted molar refractivity (Wildman–Crippen MR) is 69.0 cm³/mol. The molecule has 4 heteroatoms. The molecule has 0 unspecified atom stereocenters. The summed E-state index contributed by atoms with van der Waals surface area (Å²) in [6, 6.07) is 0. The van der Waals surface area contributed by atoms with Gasteiger partial charge in [0.2, 0.25) is 0 Å². The average Bonchev–Trinajstić information content (AvgIpc) is 2.22. The molecular weight excluding hydrogens is 222 g/mol. The third-order valence-electron chi connectivity index (χ3n) is 2.41. The minimum Gasteiger partial charge on any atom is -0.370 e. The fourth-order valence-corrected chi connectivity index (χ4v) is 1.72. The van der Waals surface area contributed by atoms with Crippen molar-refractivity contribution in [1.82, 2.24) is 9.97 Å². The largest absolute Gasteiger partial charge is 0.370 e. The molecule has 0 amide bonds. The highest BCUT2D eigenvalue weighted by Gasteiger charge is 2.08. The molecule has 1 N–H and O–H groups in total. The highest BCUT2D eigenvalue weighted by atomic mass is 35.5. The Bertz CT molecular complexity index is 326. The molecule has 1 aromatic heterocycles. The zero-order chi connectivity index (χ0) is 12.0. The minimum absolute atomic E-state index is 0.573. The van der Waals surface area contributed by atoms with Gasteiger partial charge in [0.1, 0.15) is 17.3 Å². The topological polar surface area (TPSA) is 37.8 Å². The van der Waals surface area contributed by atoms with Gasteiger partial charge in [-0.05, 0) is 18.8 Å². The van der Waals surface area contributed by atoms with E-state index in [1.807, 2.05) is 0 Å². The molecule has 1 aromatic rings. The van der Waals surface area contributed by atoms with E-state index in [1.165, 1.54) is 6.33 Å². The predicted octanol–water partition coefficient (Wildman–Crippen LogP) is 3.54. The Balaban J connectivity index is 2.66. The zero-order valence-electron chi connectivity index (χ0n) is 10.3. The summed E-state index contributed by atoms with van der Waals surface area (Å²) in [7, 11) is 0. The third kappa shape index (κ3) is 3.97. The van der Waals surface area contributed by atoms with Crippen molar-refractivity contribution >= 4 is 17.4 Å². The summed E-state index contributed by atoms with van der Waals surface area (Å²) < 4.78 is 0. The summed E-state index contributed by atoms with van der Waals surface area (Å²) in [4.78, 5) is 8.26. The van der Waals surface area contributed by atoms with Gasteiger partial charge < -0.3 is 5.32 Å². The summed E-state index contributed by atoms with van der Waals surface area (Å²) in [5, 5.41) is 3.91. The minimum atomic E-state index is 0.573. The van der Waals surface area contributed by atoms with Crippen LogP contribution < -0.4 is 5.32 Å². The second-order valence-electron chi connectivity index (χ2n) is 4.35. The summed E-state index contributed by atoms with van der Waals surface area (Å²) in [5.41, 5.74) is 1.04. The second kappa shape index (κ2) is 6.69. The summed E-state index contributed by atoms with van der Waals surface area (Å²) in [6.45, 7) is 7.48. The molecule has 0 saturated heterocycles. The van der Waals surface area contributed by atoms with Crippen molar-refractivity contribution in [3.63, 3.8) is 0 Å². The number of rotatable bonds is 6. The Kier molecular flexibility index (Phi) is 5.53. The lowest BCUT2D eigenvalue weighted by atomic mass is 10.1. The van der Waals surface area contributed by atoms with Gasteiger partial charge >= 0.3 is 0 Å². The van der Waals surface area contributed by atoms with E-state index in [0.717, 1.165) is 37.2 Å². The smallest absolute Gasteiger partial charge is 0.137 e. The van der Waals surface area contributed by atoms with E-state index < -0.39 is 0 Å². The van der Waals surface area contributed by atoms with Crippen molar-refractivity contribution in [3.8, 4) is 0 Å². The first-order valence-corrected chi connectivity index (χ1v) is 6.26. The van der Waals surface area contributed by atoms with Gasteiger partial charge in [0.25, 0.3) is 0 Å². The van der Waals surface area contributed by atoms with E-state index in [9.17, 15) is 0 Å². The molecule has 90 valence electrons. The molecule has 1 rings (SSSR count). The van der Waals surface area contributed by atoms with Crippen LogP contribution in [0, 0.1) is 5.92 Å². The van der Waals surface area contributed by atoms with Crippen molar-refractivity contribution < 1.29 is 0 Å². The van der Waals surface area contributed by atoms with Crippen LogP contribution in [0.4, 0.5) is 5.82 Å². The van der Waals surface area contributed by atoms with Crippen LogP contribution in [0.2, 0.25) is 5.15 Å². The van der Waals surface area contributed by atoms with E-state index in [1.54, 1.807) is 0 Å². The number of nitrogens with one attached hydrogen (secondary N) is 1. The van der Waals surface area contributed by atoms with Crippen molar-refractivity contribution in [2.75, 3.05) is 11.9 Å². The fourth-order valence-electron chi connectivity index (χ4n) is 1.49. The Hall–Kier alpha value is -0.830. The van der Waals surface area contributed by atoms with Crippen LogP contribution in [0.25, 0.3) is 0 Å². The van der Waals surface area contributed by atoms with Crippen LogP contribution in [-0.2, 0) is 6.42 Å². The van der Waals surface area contributed by atoms with Crippen LogP contribution in [-0.4, -0.2) is 16.5 Å². The van der Waals surface area contributed by atoms with E-state index in [0.29, 0.717) is 11.1 Å². The quantitative estimate of drug-likeness (QED) is 0.775. The molecule has 0 bridgehead atoms. The van der Waals surface area contributed by atoms with Gasteiger partial charge in [-0.25, -0.2) is 9.97 Å². The second-order valence-corrected chi connectivity index (χ2v) is 4.71. The van der Waals surface area contributed by atoms with E-state index in [4.69, 9.17) is 11.6 Å². The van der Waals surface area contributed by atoms with Gasteiger partial charge in [-0.2, -0.15) is 0 Å². The summed E-state index contributed by atoms with van der Waals surface area (Å²) >= 11 is 6.06. The lowest BCUT2D eigenvalue weighted by molar-refractivity contribution is 0.606. The number of nitrogens with zero attached hydrogens (tertiary/aromatic N) is 2. The molecule has 0 aromatic carbocycles. The molecule has 0 aliphatic heterocycles. The van der Waals surface area contributed by atoms with Gasteiger partial charge in [-0.3, -0.25) is 0 Å². The molecule has 0 spiro atoms. The maximum Gasteiger partial charge on any atom is 0.137 e. The van der Waals surface area contributed by atoms with Gasteiger partial charge in [-0.1, -0.05) is 38.8 Å². The lowest BCUT2D eigenvalue weighted by Gasteiger charge is -2.12. The number of anilines is 1. The first-order chi connectivity index (χ1) is 7.65. The Morgan fingerprint density at radius 1 is 1.38 bits per heavy atom. The summed E-state index contributed by atoms with van der Waals surface area (Å²) in [6.07, 6.45) is 4.61. The zero-order valence-corrected chi connectivity index (χ0v) is 11.0. The first kappa shape index (κ1) is 13.2. The Morgan fingerprint density at radius 3 is 2.75 bits per heavy atom. The monoisotopic (exact) mass is 241 g/mol. The first-order valence-electron chi connectivity index (χ1n) is 5.88.